The Morgan fingerprint density at radius 3 is 2.84 bits per heavy atom. The molecule has 0 spiro atoms. The van der Waals surface area contributed by atoms with Gasteiger partial charge in [-0.25, -0.2) is 0 Å². The molecule has 0 saturated heterocycles. The summed E-state index contributed by atoms with van der Waals surface area (Å²) in [5, 5.41) is 9.03. The average molecular weight is 319 g/mol. The van der Waals surface area contributed by atoms with E-state index in [0.29, 0.717) is 17.9 Å². The van der Waals surface area contributed by atoms with Crippen molar-refractivity contribution in [3.63, 3.8) is 0 Å². The number of pyridine rings is 1. The SMILES string of the molecule is COc1ccc(Cn2cc(Br)ccc2=O)cc1C#N. The van der Waals surface area contributed by atoms with Crippen LogP contribution in [0.1, 0.15) is 11.1 Å². The predicted octanol–water partition coefficient (Wildman–Crippen LogP) is 2.54. The maximum absolute atomic E-state index is 11.7. The maximum atomic E-state index is 11.7. The van der Waals surface area contributed by atoms with Crippen LogP contribution in [0.2, 0.25) is 0 Å². The summed E-state index contributed by atoms with van der Waals surface area (Å²) >= 11 is 3.33. The van der Waals surface area contributed by atoms with E-state index in [0.717, 1.165) is 10.0 Å². The van der Waals surface area contributed by atoms with Gasteiger partial charge in [0.25, 0.3) is 5.56 Å². The molecule has 19 heavy (non-hydrogen) atoms. The molecule has 1 aromatic heterocycles. The highest BCUT2D eigenvalue weighted by atomic mass is 79.9. The fourth-order valence-electron chi connectivity index (χ4n) is 1.76. The number of methoxy groups -OCH3 is 1. The van der Waals surface area contributed by atoms with E-state index in [1.807, 2.05) is 6.07 Å². The Bertz CT molecular complexity index is 701. The van der Waals surface area contributed by atoms with Crippen LogP contribution in [0.4, 0.5) is 0 Å². The summed E-state index contributed by atoms with van der Waals surface area (Å²) in [6.07, 6.45) is 1.72. The van der Waals surface area contributed by atoms with E-state index >= 15 is 0 Å². The first-order valence-corrected chi connectivity index (χ1v) is 6.36. The Morgan fingerprint density at radius 1 is 1.37 bits per heavy atom. The smallest absolute Gasteiger partial charge is 0.250 e. The van der Waals surface area contributed by atoms with Gasteiger partial charge in [-0.2, -0.15) is 5.26 Å². The summed E-state index contributed by atoms with van der Waals surface area (Å²) in [5.41, 5.74) is 1.25. The zero-order valence-corrected chi connectivity index (χ0v) is 11.8. The van der Waals surface area contributed by atoms with Gasteiger partial charge in [0, 0.05) is 16.7 Å². The first kappa shape index (κ1) is 13.4. The quantitative estimate of drug-likeness (QED) is 0.873. The number of nitrogens with zero attached hydrogens (tertiary/aromatic N) is 2. The number of aromatic nitrogens is 1. The van der Waals surface area contributed by atoms with Gasteiger partial charge in [0.2, 0.25) is 0 Å². The second kappa shape index (κ2) is 5.72. The number of halogens is 1. The molecule has 1 aromatic carbocycles. The Hall–Kier alpha value is -2.06. The monoisotopic (exact) mass is 318 g/mol. The second-order valence-electron chi connectivity index (χ2n) is 3.96. The van der Waals surface area contributed by atoms with E-state index in [9.17, 15) is 4.79 Å². The van der Waals surface area contributed by atoms with Crippen LogP contribution in [0.15, 0.2) is 45.8 Å². The molecule has 0 amide bonds. The number of benzene rings is 1. The van der Waals surface area contributed by atoms with E-state index in [2.05, 4.69) is 22.0 Å². The third-order valence-electron chi connectivity index (χ3n) is 2.68. The molecule has 0 fully saturated rings. The maximum Gasteiger partial charge on any atom is 0.250 e. The Kier molecular flexibility index (Phi) is 4.03. The van der Waals surface area contributed by atoms with Crippen LogP contribution < -0.4 is 10.3 Å². The summed E-state index contributed by atoms with van der Waals surface area (Å²) in [5.74, 6) is 0.535. The zero-order chi connectivity index (χ0) is 13.8. The summed E-state index contributed by atoms with van der Waals surface area (Å²) in [6, 6.07) is 10.6. The molecule has 0 atom stereocenters. The van der Waals surface area contributed by atoms with Crippen molar-refractivity contribution in [3.05, 3.63) is 62.5 Å². The molecule has 4 nitrogen and oxygen atoms in total. The van der Waals surface area contributed by atoms with Gasteiger partial charge in [-0.05, 0) is 39.7 Å². The lowest BCUT2D eigenvalue weighted by Crippen LogP contribution is -2.18. The summed E-state index contributed by atoms with van der Waals surface area (Å²) in [7, 11) is 1.52. The summed E-state index contributed by atoms with van der Waals surface area (Å²) in [4.78, 5) is 11.7. The minimum Gasteiger partial charge on any atom is -0.495 e. The second-order valence-corrected chi connectivity index (χ2v) is 4.88. The highest BCUT2D eigenvalue weighted by Crippen LogP contribution is 2.19. The molecular formula is C14H11BrN2O2. The van der Waals surface area contributed by atoms with Gasteiger partial charge >= 0.3 is 0 Å². The third kappa shape index (κ3) is 3.04. The van der Waals surface area contributed by atoms with E-state index in [4.69, 9.17) is 10.00 Å². The molecule has 0 aliphatic heterocycles. The average Bonchev–Trinajstić information content (AvgIpc) is 2.42. The van der Waals surface area contributed by atoms with E-state index in [-0.39, 0.29) is 5.56 Å². The van der Waals surface area contributed by atoms with E-state index < -0.39 is 0 Å². The van der Waals surface area contributed by atoms with Crippen molar-refractivity contribution in [1.29, 1.82) is 5.26 Å². The molecule has 96 valence electrons. The van der Waals surface area contributed by atoms with Crippen molar-refractivity contribution in [3.8, 4) is 11.8 Å². The van der Waals surface area contributed by atoms with Gasteiger partial charge in [0.05, 0.1) is 19.2 Å². The first-order chi connectivity index (χ1) is 9.13. The van der Waals surface area contributed by atoms with Crippen molar-refractivity contribution < 1.29 is 4.74 Å². The third-order valence-corrected chi connectivity index (χ3v) is 3.15. The van der Waals surface area contributed by atoms with Crippen LogP contribution in [0, 0.1) is 11.3 Å². The molecule has 0 aliphatic rings. The number of rotatable bonds is 3. The lowest BCUT2D eigenvalue weighted by atomic mass is 10.1. The van der Waals surface area contributed by atoms with Crippen molar-refractivity contribution in [2.24, 2.45) is 0 Å². The van der Waals surface area contributed by atoms with Crippen LogP contribution in [0.25, 0.3) is 0 Å². The molecule has 0 N–H and O–H groups in total. The Morgan fingerprint density at radius 2 is 2.16 bits per heavy atom. The molecule has 5 heteroatoms. The van der Waals surface area contributed by atoms with Crippen LogP contribution in [-0.4, -0.2) is 11.7 Å². The van der Waals surface area contributed by atoms with Crippen molar-refractivity contribution >= 4 is 15.9 Å². The first-order valence-electron chi connectivity index (χ1n) is 5.57. The fraction of sp³-hybridized carbons (Fsp3) is 0.143. The highest BCUT2D eigenvalue weighted by Gasteiger charge is 2.05. The molecule has 0 aliphatic carbocycles. The van der Waals surface area contributed by atoms with E-state index in [1.54, 1.807) is 29.0 Å². The predicted molar refractivity (Wildman–Crippen MR) is 75.2 cm³/mol. The molecule has 0 saturated carbocycles. The molecule has 2 aromatic rings. The summed E-state index contributed by atoms with van der Waals surface area (Å²) < 4.78 is 7.50. The Labute approximate surface area is 119 Å². The van der Waals surface area contributed by atoms with Gasteiger partial charge in [-0.1, -0.05) is 6.07 Å². The van der Waals surface area contributed by atoms with Gasteiger partial charge in [0.1, 0.15) is 11.8 Å². The standard InChI is InChI=1S/C14H11BrN2O2/c1-19-13-4-2-10(6-11(13)7-16)8-17-9-12(15)3-5-14(17)18/h2-6,9H,8H2,1H3. The fourth-order valence-corrected chi connectivity index (χ4v) is 2.14. The van der Waals surface area contributed by atoms with Gasteiger partial charge in [-0.15, -0.1) is 0 Å². The normalized spacial score (nSPS) is 9.95. The molecule has 0 bridgehead atoms. The van der Waals surface area contributed by atoms with Gasteiger partial charge in [-0.3, -0.25) is 4.79 Å². The molecule has 0 unspecified atom stereocenters. The lowest BCUT2D eigenvalue weighted by Gasteiger charge is -2.08. The van der Waals surface area contributed by atoms with Crippen molar-refractivity contribution in [2.45, 2.75) is 6.54 Å². The topological polar surface area (TPSA) is 55.0 Å². The van der Waals surface area contributed by atoms with Crippen molar-refractivity contribution in [2.75, 3.05) is 7.11 Å². The van der Waals surface area contributed by atoms with Crippen LogP contribution in [0.5, 0.6) is 5.75 Å². The van der Waals surface area contributed by atoms with Crippen molar-refractivity contribution in [1.82, 2.24) is 4.57 Å². The lowest BCUT2D eigenvalue weighted by molar-refractivity contribution is 0.413. The van der Waals surface area contributed by atoms with Crippen LogP contribution in [-0.2, 0) is 6.54 Å². The molecule has 1 heterocycles. The number of hydrogen-bond acceptors (Lipinski definition) is 3. The van der Waals surface area contributed by atoms with Crippen LogP contribution in [0.3, 0.4) is 0 Å². The van der Waals surface area contributed by atoms with Gasteiger partial charge < -0.3 is 9.30 Å². The van der Waals surface area contributed by atoms with Gasteiger partial charge in [0.15, 0.2) is 0 Å². The molecular weight excluding hydrogens is 308 g/mol. The number of hydrogen-bond donors (Lipinski definition) is 0. The number of nitriles is 1. The van der Waals surface area contributed by atoms with Crippen LogP contribution >= 0.6 is 15.9 Å². The largest absolute Gasteiger partial charge is 0.495 e. The Balaban J connectivity index is 2.36. The minimum atomic E-state index is -0.0856. The highest BCUT2D eigenvalue weighted by molar-refractivity contribution is 9.10. The number of ether oxygens (including phenoxy) is 1. The zero-order valence-electron chi connectivity index (χ0n) is 10.3. The minimum absolute atomic E-state index is 0.0856. The van der Waals surface area contributed by atoms with E-state index in [1.165, 1.54) is 13.2 Å². The summed E-state index contributed by atoms with van der Waals surface area (Å²) in [6.45, 7) is 0.414. The molecule has 0 radical (unpaired) electrons. The molecule has 2 rings (SSSR count).